The van der Waals surface area contributed by atoms with Crippen LogP contribution in [0.3, 0.4) is 0 Å². The first-order valence-corrected chi connectivity index (χ1v) is 10.5. The van der Waals surface area contributed by atoms with Gasteiger partial charge in [-0.15, -0.1) is 0 Å². The lowest BCUT2D eigenvalue weighted by Gasteiger charge is -2.51. The zero-order chi connectivity index (χ0) is 20.7. The maximum Gasteiger partial charge on any atom is 0.235 e. The number of carbonyl (C=O) groups excluding carboxylic acids is 3. The number of carboxylic acid groups (broad SMARTS) is 1. The summed E-state index contributed by atoms with van der Waals surface area (Å²) in [6, 6.07) is 14.4. The molecule has 3 aliphatic carbocycles. The topological polar surface area (TPSA) is 77.5 Å². The summed E-state index contributed by atoms with van der Waals surface area (Å²) in [5.74, 6) is -4.29. The van der Waals surface area contributed by atoms with Crippen molar-refractivity contribution in [3.63, 3.8) is 0 Å². The van der Waals surface area contributed by atoms with Crippen LogP contribution in [0.5, 0.6) is 0 Å². The summed E-state index contributed by atoms with van der Waals surface area (Å²) in [5.41, 5.74) is 3.98. The van der Waals surface area contributed by atoms with E-state index in [0.717, 1.165) is 27.2 Å². The van der Waals surface area contributed by atoms with Crippen LogP contribution in [0.15, 0.2) is 48.5 Å². The van der Waals surface area contributed by atoms with Crippen LogP contribution in [-0.2, 0) is 18.7 Å². The molecule has 29 heavy (non-hydrogen) atoms. The van der Waals surface area contributed by atoms with Gasteiger partial charge in [0.15, 0.2) is 0 Å². The number of halogens is 1. The molecule has 0 aromatic heterocycles. The number of carboxylic acids is 1. The normalized spacial score (nSPS) is 30.2. The molecule has 1 aliphatic heterocycles. The van der Waals surface area contributed by atoms with E-state index in [0.29, 0.717) is 0 Å². The van der Waals surface area contributed by atoms with Crippen molar-refractivity contribution in [1.82, 2.24) is 4.90 Å². The van der Waals surface area contributed by atoms with Gasteiger partial charge in [0.2, 0.25) is 11.8 Å². The van der Waals surface area contributed by atoms with Gasteiger partial charge in [-0.3, -0.25) is 14.5 Å². The molecule has 5 nitrogen and oxygen atoms in total. The van der Waals surface area contributed by atoms with Crippen LogP contribution in [0.1, 0.15) is 42.0 Å². The molecule has 2 aromatic carbocycles. The number of imide groups is 1. The molecular weight excluding hydrogens is 434 g/mol. The Balaban J connectivity index is 1.77. The summed E-state index contributed by atoms with van der Waals surface area (Å²) in [4.78, 5) is 40.0. The number of likely N-dealkylation sites (tertiary alicyclic amines) is 1. The van der Waals surface area contributed by atoms with Crippen LogP contribution in [0, 0.1) is 17.8 Å². The van der Waals surface area contributed by atoms with Crippen molar-refractivity contribution in [1.29, 1.82) is 0 Å². The highest BCUT2D eigenvalue weighted by molar-refractivity contribution is 9.09. The van der Waals surface area contributed by atoms with Crippen molar-refractivity contribution in [3.8, 4) is 0 Å². The van der Waals surface area contributed by atoms with Crippen LogP contribution < -0.4 is 5.11 Å². The average Bonchev–Trinajstić information content (AvgIpc) is 2.95. The van der Waals surface area contributed by atoms with E-state index < -0.39 is 45.9 Å². The molecule has 2 bridgehead atoms. The minimum Gasteiger partial charge on any atom is -0.548 e. The van der Waals surface area contributed by atoms with Crippen molar-refractivity contribution in [3.05, 3.63) is 70.8 Å². The summed E-state index contributed by atoms with van der Waals surface area (Å²) >= 11 is 3.89. The summed E-state index contributed by atoms with van der Waals surface area (Å²) < 4.78 is -0.867. The largest absolute Gasteiger partial charge is 0.548 e. The molecule has 0 radical (unpaired) electrons. The molecular formula is C23H19BrNO4-. The fourth-order valence-corrected chi connectivity index (χ4v) is 6.85. The number of alkyl halides is 1. The monoisotopic (exact) mass is 452 g/mol. The lowest BCUT2D eigenvalue weighted by molar-refractivity contribution is -0.312. The first-order valence-electron chi connectivity index (χ1n) is 9.75. The highest BCUT2D eigenvalue weighted by atomic mass is 79.9. The third kappa shape index (κ3) is 2.13. The molecule has 0 saturated carbocycles. The van der Waals surface area contributed by atoms with Gasteiger partial charge in [-0.25, -0.2) is 0 Å². The zero-order valence-electron chi connectivity index (χ0n) is 16.0. The van der Waals surface area contributed by atoms with Crippen LogP contribution in [0.4, 0.5) is 0 Å². The average molecular weight is 453 g/mol. The maximum absolute atomic E-state index is 13.6. The Labute approximate surface area is 176 Å². The van der Waals surface area contributed by atoms with Gasteiger partial charge in [0, 0.05) is 5.92 Å². The number of rotatable bonds is 3. The lowest BCUT2D eigenvalue weighted by Crippen LogP contribution is -2.54. The minimum atomic E-state index is -1.40. The molecule has 0 N–H and O–H groups in total. The van der Waals surface area contributed by atoms with E-state index in [1.165, 1.54) is 0 Å². The van der Waals surface area contributed by atoms with E-state index in [9.17, 15) is 19.5 Å². The number of hydrogen-bond donors (Lipinski definition) is 0. The first-order chi connectivity index (χ1) is 13.8. The van der Waals surface area contributed by atoms with Crippen LogP contribution >= 0.6 is 15.9 Å². The second-order valence-electron chi connectivity index (χ2n) is 8.42. The molecule has 2 aromatic rings. The summed E-state index contributed by atoms with van der Waals surface area (Å²) in [5, 5.41) is 11.9. The minimum absolute atomic E-state index is 0.275. The van der Waals surface area contributed by atoms with Crippen molar-refractivity contribution < 1.29 is 19.5 Å². The molecule has 1 heterocycles. The SMILES string of the molecule is CC(C)[C@H](C(=O)[O-])N1C(=O)[C@@H]2[C@@H](C1=O)C1c3ccccc3C2(Br)c2ccccc21. The number of aliphatic carboxylic acids is 1. The maximum atomic E-state index is 13.6. The Morgan fingerprint density at radius 2 is 1.52 bits per heavy atom. The van der Waals surface area contributed by atoms with Gasteiger partial charge < -0.3 is 9.90 Å². The highest BCUT2D eigenvalue weighted by Gasteiger charge is 2.68. The molecule has 3 atom stereocenters. The van der Waals surface area contributed by atoms with Crippen molar-refractivity contribution in [2.24, 2.45) is 17.8 Å². The third-order valence-corrected chi connectivity index (χ3v) is 8.05. The Bertz CT molecular complexity index is 1030. The van der Waals surface area contributed by atoms with Gasteiger partial charge >= 0.3 is 0 Å². The van der Waals surface area contributed by atoms with Gasteiger partial charge in [0.05, 0.1) is 28.2 Å². The Hall–Kier alpha value is -2.47. The number of hydrogen-bond acceptors (Lipinski definition) is 4. The van der Waals surface area contributed by atoms with Crippen LogP contribution in [-0.4, -0.2) is 28.7 Å². The molecule has 6 rings (SSSR count). The number of nitrogens with zero attached hydrogens (tertiary/aromatic N) is 1. The van der Waals surface area contributed by atoms with Crippen molar-refractivity contribution in [2.75, 3.05) is 0 Å². The van der Waals surface area contributed by atoms with E-state index in [4.69, 9.17) is 0 Å². The number of amides is 2. The number of carbonyl (C=O) groups is 3. The fourth-order valence-electron chi connectivity index (χ4n) is 5.65. The molecule has 0 unspecified atom stereocenters. The Morgan fingerprint density at radius 1 is 1.00 bits per heavy atom. The van der Waals surface area contributed by atoms with E-state index in [1.54, 1.807) is 13.8 Å². The predicted octanol–water partition coefficient (Wildman–Crippen LogP) is 2.16. The zero-order valence-corrected chi connectivity index (χ0v) is 17.5. The molecule has 2 amide bonds. The fraction of sp³-hybridized carbons (Fsp3) is 0.348. The molecule has 148 valence electrons. The molecule has 4 aliphatic rings. The smallest absolute Gasteiger partial charge is 0.235 e. The Morgan fingerprint density at radius 3 is 2.00 bits per heavy atom. The predicted molar refractivity (Wildman–Crippen MR) is 107 cm³/mol. The summed E-state index contributed by atoms with van der Waals surface area (Å²) in [6.07, 6.45) is 0. The van der Waals surface area contributed by atoms with Gasteiger partial charge in [-0.1, -0.05) is 78.3 Å². The summed E-state index contributed by atoms with van der Waals surface area (Å²) in [7, 11) is 0. The molecule has 6 heteroatoms. The van der Waals surface area contributed by atoms with Gasteiger partial charge in [0.25, 0.3) is 0 Å². The van der Waals surface area contributed by atoms with Crippen LogP contribution in [0.25, 0.3) is 0 Å². The van der Waals surface area contributed by atoms with E-state index in [2.05, 4.69) is 15.9 Å². The highest BCUT2D eigenvalue weighted by Crippen LogP contribution is 2.66. The van der Waals surface area contributed by atoms with Gasteiger partial charge in [0.1, 0.15) is 0 Å². The quantitative estimate of drug-likeness (QED) is 0.527. The standard InChI is InChI=1S/C23H20BrNO4/c1-11(2)19(22(28)29)25-20(26)17-16-12-7-3-5-9-14(12)23(24,18(17)21(25)27)15-10-6-4-8-13(15)16/h3-11,16-19H,1-2H3,(H,28,29)/p-1/t16?,17-,18-,19+,23?/m0/s1. The molecule has 1 fully saturated rings. The summed E-state index contributed by atoms with van der Waals surface area (Å²) in [6.45, 7) is 3.37. The second-order valence-corrected chi connectivity index (χ2v) is 9.67. The Kier molecular flexibility index (Phi) is 3.85. The van der Waals surface area contributed by atoms with E-state index in [-0.39, 0.29) is 5.92 Å². The van der Waals surface area contributed by atoms with Gasteiger partial charge in [-0.2, -0.15) is 0 Å². The number of benzene rings is 2. The molecule has 0 spiro atoms. The van der Waals surface area contributed by atoms with Crippen molar-refractivity contribution in [2.45, 2.75) is 30.1 Å². The lowest BCUT2D eigenvalue weighted by atomic mass is 9.55. The first kappa shape index (κ1) is 18.6. The van der Waals surface area contributed by atoms with Crippen LogP contribution in [0.2, 0.25) is 0 Å². The van der Waals surface area contributed by atoms with E-state index in [1.807, 2.05) is 48.5 Å². The third-order valence-electron chi connectivity index (χ3n) is 6.70. The van der Waals surface area contributed by atoms with E-state index >= 15 is 0 Å². The molecule has 1 saturated heterocycles. The van der Waals surface area contributed by atoms with Gasteiger partial charge in [-0.05, 0) is 28.2 Å². The second kappa shape index (κ2) is 6.02. The van der Waals surface area contributed by atoms with Crippen molar-refractivity contribution >= 4 is 33.7 Å².